The summed E-state index contributed by atoms with van der Waals surface area (Å²) in [5.41, 5.74) is 6.54. The van der Waals surface area contributed by atoms with Crippen LogP contribution in [0.1, 0.15) is 0 Å². The van der Waals surface area contributed by atoms with Crippen LogP contribution in [0.3, 0.4) is 0 Å². The third-order valence-electron chi connectivity index (χ3n) is 9.60. The fourth-order valence-electron chi connectivity index (χ4n) is 7.02. The standard InChI is InChI=1S/C45H25N3O2S2/c1-2-8-26(9-3-1)43-46-44(48-45(47-43)30-15-19-33-32-10-4-6-12-39(32)51-42(33)25-30)29-14-18-31-34-22-27(16-20-35(34)49-37(31)24-29)28-17-21-41-38(23-28)50-36-11-5-7-13-40(36)52-41/h1-25H. The number of hydrogen-bond acceptors (Lipinski definition) is 7. The fraction of sp³-hybridized carbons (Fsp3) is 0. The van der Waals surface area contributed by atoms with Crippen LogP contribution in [-0.2, 0) is 0 Å². The van der Waals surface area contributed by atoms with Crippen LogP contribution in [0.15, 0.2) is 166 Å². The summed E-state index contributed by atoms with van der Waals surface area (Å²) in [6, 6.07) is 52.3. The zero-order valence-corrected chi connectivity index (χ0v) is 29.0. The van der Waals surface area contributed by atoms with E-state index in [1.807, 2.05) is 60.7 Å². The van der Waals surface area contributed by atoms with E-state index in [1.165, 1.54) is 20.2 Å². The average Bonchev–Trinajstić information content (AvgIpc) is 3.77. The Morgan fingerprint density at radius 1 is 0.385 bits per heavy atom. The molecule has 0 bridgehead atoms. The Labute approximate surface area is 306 Å². The van der Waals surface area contributed by atoms with Crippen molar-refractivity contribution in [2.75, 3.05) is 0 Å². The maximum absolute atomic E-state index is 6.44. The average molecular weight is 704 g/mol. The smallest absolute Gasteiger partial charge is 0.164 e. The highest BCUT2D eigenvalue weighted by molar-refractivity contribution is 7.99. The summed E-state index contributed by atoms with van der Waals surface area (Å²) >= 11 is 3.53. The second-order valence-electron chi connectivity index (χ2n) is 12.8. The van der Waals surface area contributed by atoms with Gasteiger partial charge in [0, 0.05) is 47.6 Å². The molecule has 11 rings (SSSR count). The van der Waals surface area contributed by atoms with Gasteiger partial charge in [-0.25, -0.2) is 15.0 Å². The van der Waals surface area contributed by atoms with Crippen molar-refractivity contribution < 1.29 is 9.15 Å². The summed E-state index contributed by atoms with van der Waals surface area (Å²) in [5, 5.41) is 4.59. The number of nitrogens with zero attached hydrogens (tertiary/aromatic N) is 3. The highest BCUT2D eigenvalue weighted by Crippen LogP contribution is 2.48. The van der Waals surface area contributed by atoms with Crippen molar-refractivity contribution in [3.8, 4) is 56.8 Å². The van der Waals surface area contributed by atoms with Crippen molar-refractivity contribution in [3.63, 3.8) is 0 Å². The molecule has 0 radical (unpaired) electrons. The molecule has 10 aromatic rings. The number of furan rings is 1. The predicted molar refractivity (Wildman–Crippen MR) is 212 cm³/mol. The van der Waals surface area contributed by atoms with Gasteiger partial charge in [-0.2, -0.15) is 0 Å². The third kappa shape index (κ3) is 4.89. The molecule has 0 N–H and O–H groups in total. The lowest BCUT2D eigenvalue weighted by molar-refractivity contribution is 0.455. The van der Waals surface area contributed by atoms with Crippen LogP contribution >= 0.6 is 23.1 Å². The summed E-state index contributed by atoms with van der Waals surface area (Å²) in [6.07, 6.45) is 0. The van der Waals surface area contributed by atoms with Gasteiger partial charge in [0.25, 0.3) is 0 Å². The highest BCUT2D eigenvalue weighted by atomic mass is 32.2. The number of thiophene rings is 1. The number of ether oxygens (including phenoxy) is 1. The molecule has 244 valence electrons. The van der Waals surface area contributed by atoms with Gasteiger partial charge in [0.05, 0.1) is 9.79 Å². The first-order valence-corrected chi connectivity index (χ1v) is 18.6. The minimum Gasteiger partial charge on any atom is -0.456 e. The minimum absolute atomic E-state index is 0.594. The van der Waals surface area contributed by atoms with Crippen LogP contribution in [0.2, 0.25) is 0 Å². The summed E-state index contributed by atoms with van der Waals surface area (Å²) in [6.45, 7) is 0. The molecule has 0 saturated heterocycles. The molecule has 1 aliphatic rings. The third-order valence-corrected chi connectivity index (χ3v) is 11.8. The first-order valence-electron chi connectivity index (χ1n) is 17.0. The van der Waals surface area contributed by atoms with Crippen LogP contribution in [0.4, 0.5) is 0 Å². The molecule has 0 fully saturated rings. The molecule has 7 aromatic carbocycles. The normalized spacial score (nSPS) is 12.3. The van der Waals surface area contributed by atoms with Gasteiger partial charge in [-0.3, -0.25) is 0 Å². The van der Waals surface area contributed by atoms with E-state index in [4.69, 9.17) is 24.1 Å². The van der Waals surface area contributed by atoms with E-state index in [0.29, 0.717) is 17.5 Å². The molecule has 0 saturated carbocycles. The minimum atomic E-state index is 0.594. The number of rotatable bonds is 4. The summed E-state index contributed by atoms with van der Waals surface area (Å²) in [7, 11) is 0. The van der Waals surface area contributed by atoms with Gasteiger partial charge in [0.1, 0.15) is 22.7 Å². The first kappa shape index (κ1) is 29.5. The zero-order chi connectivity index (χ0) is 34.2. The molecule has 5 nitrogen and oxygen atoms in total. The molecule has 7 heteroatoms. The maximum Gasteiger partial charge on any atom is 0.164 e. The number of benzene rings is 7. The van der Waals surface area contributed by atoms with Gasteiger partial charge in [-0.05, 0) is 71.8 Å². The maximum atomic E-state index is 6.44. The van der Waals surface area contributed by atoms with E-state index >= 15 is 0 Å². The van der Waals surface area contributed by atoms with E-state index in [0.717, 1.165) is 71.0 Å². The predicted octanol–water partition coefficient (Wildman–Crippen LogP) is 13.1. The SMILES string of the molecule is c1ccc(-c2nc(-c3ccc4c(c3)oc3ccc(-c5ccc6c(c5)Oc5ccccc5S6)cc34)nc(-c3ccc4c(c3)sc3ccccc34)n2)cc1. The molecule has 4 heterocycles. The number of fused-ring (bicyclic) bond motifs is 8. The van der Waals surface area contributed by atoms with Crippen LogP contribution in [0, 0.1) is 0 Å². The van der Waals surface area contributed by atoms with E-state index in [-0.39, 0.29) is 0 Å². The largest absolute Gasteiger partial charge is 0.456 e. The number of hydrogen-bond donors (Lipinski definition) is 0. The first-order chi connectivity index (χ1) is 25.7. The zero-order valence-electron chi connectivity index (χ0n) is 27.4. The Morgan fingerprint density at radius 2 is 1.04 bits per heavy atom. The van der Waals surface area contributed by atoms with E-state index in [1.54, 1.807) is 23.1 Å². The lowest BCUT2D eigenvalue weighted by Gasteiger charge is -2.20. The summed E-state index contributed by atoms with van der Waals surface area (Å²) in [5.74, 6) is 3.62. The molecule has 52 heavy (non-hydrogen) atoms. The fourth-order valence-corrected chi connectivity index (χ4v) is 9.10. The Morgan fingerprint density at radius 3 is 1.92 bits per heavy atom. The van der Waals surface area contributed by atoms with Crippen molar-refractivity contribution in [1.82, 2.24) is 15.0 Å². The molecular formula is C45H25N3O2S2. The van der Waals surface area contributed by atoms with Gasteiger partial charge in [0.15, 0.2) is 17.5 Å². The molecule has 0 amide bonds. The van der Waals surface area contributed by atoms with E-state index in [9.17, 15) is 0 Å². The Balaban J connectivity index is 0.992. The highest BCUT2D eigenvalue weighted by Gasteiger charge is 2.19. The second-order valence-corrected chi connectivity index (χ2v) is 15.0. The van der Waals surface area contributed by atoms with Gasteiger partial charge < -0.3 is 9.15 Å². The second kappa shape index (κ2) is 11.6. The van der Waals surface area contributed by atoms with Crippen LogP contribution in [0.25, 0.3) is 87.4 Å². The molecular weight excluding hydrogens is 679 g/mol. The Hall–Kier alpha value is -6.28. The van der Waals surface area contributed by atoms with Gasteiger partial charge in [-0.1, -0.05) is 103 Å². The van der Waals surface area contributed by atoms with Crippen molar-refractivity contribution in [3.05, 3.63) is 152 Å². The van der Waals surface area contributed by atoms with Crippen molar-refractivity contribution in [2.45, 2.75) is 9.79 Å². The molecule has 0 atom stereocenters. The molecule has 0 aliphatic carbocycles. The van der Waals surface area contributed by atoms with Crippen molar-refractivity contribution >= 4 is 65.2 Å². The summed E-state index contributed by atoms with van der Waals surface area (Å²) < 4.78 is 15.2. The van der Waals surface area contributed by atoms with Crippen LogP contribution < -0.4 is 4.74 Å². The van der Waals surface area contributed by atoms with Gasteiger partial charge in [-0.15, -0.1) is 11.3 Å². The number of aromatic nitrogens is 3. The number of para-hydroxylation sites is 1. The molecule has 0 spiro atoms. The Bertz CT molecular complexity index is 3040. The van der Waals surface area contributed by atoms with Gasteiger partial charge >= 0.3 is 0 Å². The Kier molecular flexibility index (Phi) is 6.59. The van der Waals surface area contributed by atoms with E-state index in [2.05, 4.69) is 91.0 Å². The van der Waals surface area contributed by atoms with Crippen LogP contribution in [0.5, 0.6) is 11.5 Å². The topological polar surface area (TPSA) is 61.0 Å². The van der Waals surface area contributed by atoms with Crippen molar-refractivity contribution in [2.24, 2.45) is 0 Å². The molecule has 1 aliphatic heterocycles. The van der Waals surface area contributed by atoms with Crippen LogP contribution in [-0.4, -0.2) is 15.0 Å². The summed E-state index contributed by atoms with van der Waals surface area (Å²) in [4.78, 5) is 17.3. The van der Waals surface area contributed by atoms with Crippen molar-refractivity contribution in [1.29, 1.82) is 0 Å². The van der Waals surface area contributed by atoms with E-state index < -0.39 is 0 Å². The van der Waals surface area contributed by atoms with Gasteiger partial charge in [0.2, 0.25) is 0 Å². The lowest BCUT2D eigenvalue weighted by atomic mass is 10.0. The molecule has 0 unspecified atom stereocenters. The quantitative estimate of drug-likeness (QED) is 0.182. The lowest BCUT2D eigenvalue weighted by Crippen LogP contribution is -2.00. The molecule has 3 aromatic heterocycles. The monoisotopic (exact) mass is 703 g/mol.